The topological polar surface area (TPSA) is 59.4 Å². The highest BCUT2D eigenvalue weighted by atomic mass is 16.5. The van der Waals surface area contributed by atoms with Crippen LogP contribution in [0.4, 0.5) is 0 Å². The van der Waals surface area contributed by atoms with Crippen molar-refractivity contribution in [3.63, 3.8) is 0 Å². The maximum absolute atomic E-state index is 12.5. The van der Waals surface area contributed by atoms with Crippen molar-refractivity contribution in [3.8, 4) is 0 Å². The van der Waals surface area contributed by atoms with Crippen LogP contribution in [0.2, 0.25) is 0 Å². The number of aryl methyl sites for hydroxylation is 2. The van der Waals surface area contributed by atoms with Crippen molar-refractivity contribution in [1.29, 1.82) is 0 Å². The van der Waals surface area contributed by atoms with Gasteiger partial charge in [-0.1, -0.05) is 19.1 Å². The maximum atomic E-state index is 12.5. The monoisotopic (exact) mass is 398 g/mol. The van der Waals surface area contributed by atoms with E-state index in [-0.39, 0.29) is 18.1 Å². The lowest BCUT2D eigenvalue weighted by Crippen LogP contribution is -2.44. The summed E-state index contributed by atoms with van der Waals surface area (Å²) in [6, 6.07) is 10.0. The standard InChI is InChI=1S/C23H34N4O2/c1-16(12-27-18(3)10-17(2)25-27)11-24-23(28)22-8-6-21(7-9-22)15-26-13-19(4)29-20(5)14-26/h6-10,16,19-20H,11-15H2,1-5H3,(H,24,28)/t16-,19+,20+/m1/s1. The number of aromatic nitrogens is 2. The second-order valence-electron chi connectivity index (χ2n) is 8.57. The molecule has 0 bridgehead atoms. The van der Waals surface area contributed by atoms with Crippen molar-refractivity contribution in [3.05, 3.63) is 52.8 Å². The quantitative estimate of drug-likeness (QED) is 0.778. The van der Waals surface area contributed by atoms with Crippen molar-refractivity contribution in [2.24, 2.45) is 5.92 Å². The minimum atomic E-state index is -0.0228. The van der Waals surface area contributed by atoms with Gasteiger partial charge in [0.1, 0.15) is 0 Å². The van der Waals surface area contributed by atoms with E-state index >= 15 is 0 Å². The first-order chi connectivity index (χ1) is 13.8. The molecule has 1 aliphatic heterocycles. The van der Waals surface area contributed by atoms with Gasteiger partial charge < -0.3 is 10.1 Å². The molecule has 6 heteroatoms. The molecule has 0 unspecified atom stereocenters. The van der Waals surface area contributed by atoms with E-state index in [0.717, 1.165) is 37.6 Å². The summed E-state index contributed by atoms with van der Waals surface area (Å²) >= 11 is 0. The highest BCUT2D eigenvalue weighted by Crippen LogP contribution is 2.15. The predicted octanol–water partition coefficient (Wildman–Crippen LogP) is 3.18. The van der Waals surface area contributed by atoms with Crippen molar-refractivity contribution < 1.29 is 9.53 Å². The average Bonchev–Trinajstić information content (AvgIpc) is 2.96. The first-order valence-electron chi connectivity index (χ1n) is 10.6. The summed E-state index contributed by atoms with van der Waals surface area (Å²) in [5.74, 6) is 0.284. The van der Waals surface area contributed by atoms with Crippen LogP contribution in [0.5, 0.6) is 0 Å². The highest BCUT2D eigenvalue weighted by molar-refractivity contribution is 5.94. The summed E-state index contributed by atoms with van der Waals surface area (Å²) in [4.78, 5) is 14.9. The molecule has 1 aromatic carbocycles. The molecule has 1 saturated heterocycles. The maximum Gasteiger partial charge on any atom is 0.251 e. The highest BCUT2D eigenvalue weighted by Gasteiger charge is 2.22. The lowest BCUT2D eigenvalue weighted by molar-refractivity contribution is -0.0704. The fourth-order valence-electron chi connectivity index (χ4n) is 4.02. The molecule has 1 fully saturated rings. The van der Waals surface area contributed by atoms with Crippen LogP contribution >= 0.6 is 0 Å². The Morgan fingerprint density at radius 1 is 1.21 bits per heavy atom. The molecule has 1 aromatic heterocycles. The number of hydrogen-bond acceptors (Lipinski definition) is 4. The zero-order valence-electron chi connectivity index (χ0n) is 18.3. The second kappa shape index (κ2) is 9.55. The second-order valence-corrected chi connectivity index (χ2v) is 8.57. The lowest BCUT2D eigenvalue weighted by Gasteiger charge is -2.35. The van der Waals surface area contributed by atoms with Gasteiger partial charge in [0.25, 0.3) is 5.91 Å². The number of carbonyl (C=O) groups is 1. The molecule has 158 valence electrons. The normalized spacial score (nSPS) is 21.1. The predicted molar refractivity (Wildman–Crippen MR) is 115 cm³/mol. The number of ether oxygens (including phenoxy) is 1. The fraction of sp³-hybridized carbons (Fsp3) is 0.565. The van der Waals surface area contributed by atoms with Crippen LogP contribution in [0.15, 0.2) is 30.3 Å². The average molecular weight is 399 g/mol. The Hall–Kier alpha value is -2.18. The molecule has 0 saturated carbocycles. The van der Waals surface area contributed by atoms with E-state index in [1.165, 1.54) is 5.56 Å². The number of nitrogens with zero attached hydrogens (tertiary/aromatic N) is 3. The summed E-state index contributed by atoms with van der Waals surface area (Å²) in [5.41, 5.74) is 4.11. The van der Waals surface area contributed by atoms with Crippen molar-refractivity contribution in [2.75, 3.05) is 19.6 Å². The van der Waals surface area contributed by atoms with E-state index in [4.69, 9.17) is 4.74 Å². The van der Waals surface area contributed by atoms with Crippen molar-refractivity contribution in [1.82, 2.24) is 20.0 Å². The fourth-order valence-corrected chi connectivity index (χ4v) is 4.02. The zero-order valence-corrected chi connectivity index (χ0v) is 18.3. The number of nitrogens with one attached hydrogen (secondary N) is 1. The number of benzene rings is 1. The Bertz CT molecular complexity index is 805. The number of amides is 1. The van der Waals surface area contributed by atoms with E-state index in [1.807, 2.05) is 23.7 Å². The number of rotatable bonds is 7. The molecule has 0 aliphatic carbocycles. The third-order valence-corrected chi connectivity index (χ3v) is 5.32. The molecule has 1 N–H and O–H groups in total. The van der Waals surface area contributed by atoms with Crippen LogP contribution in [0.25, 0.3) is 0 Å². The van der Waals surface area contributed by atoms with E-state index < -0.39 is 0 Å². The Labute approximate surface area is 174 Å². The molecular weight excluding hydrogens is 364 g/mol. The number of hydrogen-bond donors (Lipinski definition) is 1. The Kier molecular flexibility index (Phi) is 7.09. The van der Waals surface area contributed by atoms with Crippen LogP contribution in [0, 0.1) is 19.8 Å². The Balaban J connectivity index is 1.47. The van der Waals surface area contributed by atoms with E-state index in [9.17, 15) is 4.79 Å². The Morgan fingerprint density at radius 2 is 1.86 bits per heavy atom. The summed E-state index contributed by atoms with van der Waals surface area (Å²) in [7, 11) is 0. The molecule has 2 aromatic rings. The van der Waals surface area contributed by atoms with Gasteiger partial charge in [-0.05, 0) is 57.4 Å². The SMILES string of the molecule is Cc1cc(C)n(C[C@H](C)CNC(=O)c2ccc(CN3C[C@H](C)O[C@@H](C)C3)cc2)n1. The molecule has 6 nitrogen and oxygen atoms in total. The van der Waals surface area contributed by atoms with Crippen LogP contribution in [-0.4, -0.2) is 52.4 Å². The summed E-state index contributed by atoms with van der Waals surface area (Å²) < 4.78 is 7.80. The number of morpholine rings is 1. The van der Waals surface area contributed by atoms with Crippen LogP contribution in [-0.2, 0) is 17.8 Å². The van der Waals surface area contributed by atoms with Gasteiger partial charge in [-0.3, -0.25) is 14.4 Å². The third-order valence-electron chi connectivity index (χ3n) is 5.32. The van der Waals surface area contributed by atoms with Crippen LogP contribution < -0.4 is 5.32 Å². The molecule has 1 amide bonds. The van der Waals surface area contributed by atoms with E-state index in [1.54, 1.807) is 0 Å². The van der Waals surface area contributed by atoms with Gasteiger partial charge >= 0.3 is 0 Å². The molecule has 0 radical (unpaired) electrons. The molecule has 1 aliphatic rings. The third kappa shape index (κ3) is 6.15. The Morgan fingerprint density at radius 3 is 2.45 bits per heavy atom. The summed E-state index contributed by atoms with van der Waals surface area (Å²) in [6.45, 7) is 14.6. The van der Waals surface area contributed by atoms with Gasteiger partial charge in [-0.15, -0.1) is 0 Å². The first-order valence-corrected chi connectivity index (χ1v) is 10.6. The smallest absolute Gasteiger partial charge is 0.251 e. The van der Waals surface area contributed by atoms with E-state index in [0.29, 0.717) is 18.0 Å². The van der Waals surface area contributed by atoms with Gasteiger partial charge in [0.15, 0.2) is 0 Å². The molecule has 29 heavy (non-hydrogen) atoms. The lowest BCUT2D eigenvalue weighted by atomic mass is 10.1. The minimum Gasteiger partial charge on any atom is -0.373 e. The minimum absolute atomic E-state index is 0.0228. The molecular formula is C23H34N4O2. The van der Waals surface area contributed by atoms with Gasteiger partial charge in [0.05, 0.1) is 17.9 Å². The van der Waals surface area contributed by atoms with Gasteiger partial charge in [-0.2, -0.15) is 5.10 Å². The molecule has 2 heterocycles. The summed E-state index contributed by atoms with van der Waals surface area (Å²) in [5, 5.41) is 7.55. The van der Waals surface area contributed by atoms with Crippen molar-refractivity contribution in [2.45, 2.75) is 59.9 Å². The van der Waals surface area contributed by atoms with Crippen LogP contribution in [0.3, 0.4) is 0 Å². The van der Waals surface area contributed by atoms with Crippen LogP contribution in [0.1, 0.15) is 48.1 Å². The van der Waals surface area contributed by atoms with Gasteiger partial charge in [-0.25, -0.2) is 0 Å². The molecule has 3 atom stereocenters. The zero-order chi connectivity index (χ0) is 21.0. The van der Waals surface area contributed by atoms with E-state index in [2.05, 4.69) is 61.2 Å². The first kappa shape index (κ1) is 21.5. The number of carbonyl (C=O) groups excluding carboxylic acids is 1. The molecule has 3 rings (SSSR count). The van der Waals surface area contributed by atoms with Gasteiger partial charge in [0, 0.05) is 44.0 Å². The van der Waals surface area contributed by atoms with Gasteiger partial charge in [0.2, 0.25) is 0 Å². The largest absolute Gasteiger partial charge is 0.373 e. The molecule has 0 spiro atoms. The van der Waals surface area contributed by atoms with Crippen molar-refractivity contribution >= 4 is 5.91 Å². The summed E-state index contributed by atoms with van der Waals surface area (Å²) in [6.07, 6.45) is 0.528.